The van der Waals surface area contributed by atoms with E-state index in [-0.39, 0.29) is 0 Å². The summed E-state index contributed by atoms with van der Waals surface area (Å²) in [6.45, 7) is 10.0. The summed E-state index contributed by atoms with van der Waals surface area (Å²) in [6, 6.07) is 10.1. The van der Waals surface area contributed by atoms with E-state index < -0.39 is 0 Å². The molecule has 0 aliphatic rings. The third kappa shape index (κ3) is 4.99. The highest BCUT2D eigenvalue weighted by Crippen LogP contribution is 2.26. The summed E-state index contributed by atoms with van der Waals surface area (Å²) < 4.78 is 1.80. The minimum absolute atomic E-state index is 0.369. The maximum absolute atomic E-state index is 6.14. The van der Waals surface area contributed by atoms with Crippen LogP contribution in [0.4, 0.5) is 5.82 Å². The number of benzene rings is 1. The Morgan fingerprint density at radius 1 is 1.22 bits per heavy atom. The van der Waals surface area contributed by atoms with Crippen molar-refractivity contribution in [1.29, 1.82) is 0 Å². The first kappa shape index (κ1) is 19.6. The molecule has 1 aromatic carbocycles. The van der Waals surface area contributed by atoms with Crippen LogP contribution in [0.2, 0.25) is 5.02 Å². The van der Waals surface area contributed by atoms with Crippen molar-refractivity contribution in [3.8, 4) is 11.1 Å². The molecule has 2 heterocycles. The summed E-state index contributed by atoms with van der Waals surface area (Å²) in [5.41, 5.74) is 2.84. The van der Waals surface area contributed by atoms with Gasteiger partial charge in [0.1, 0.15) is 5.82 Å². The number of aromatic nitrogens is 3. The van der Waals surface area contributed by atoms with Gasteiger partial charge in [0.25, 0.3) is 0 Å². The first-order valence-electron chi connectivity index (χ1n) is 9.70. The molecular formula is C21H28ClN5. The Morgan fingerprint density at radius 2 is 2.04 bits per heavy atom. The second-order valence-corrected chi connectivity index (χ2v) is 7.30. The zero-order chi connectivity index (χ0) is 19.2. The van der Waals surface area contributed by atoms with Crippen LogP contribution in [0, 0.1) is 0 Å². The molecule has 144 valence electrons. The standard InChI is InChI=1S/C21H28ClN5/c1-4-26(5-2)12-7-8-16(3)24-20-11-13-27-21(25-20)19(15-23-27)17-9-6-10-18(22)14-17/h6,9-11,13-16H,4-5,7-8,12H2,1-3H3,(H,24,25). The summed E-state index contributed by atoms with van der Waals surface area (Å²) in [7, 11) is 0. The lowest BCUT2D eigenvalue weighted by Gasteiger charge is -2.20. The highest BCUT2D eigenvalue weighted by atomic mass is 35.5. The van der Waals surface area contributed by atoms with Crippen molar-refractivity contribution in [2.45, 2.75) is 39.7 Å². The third-order valence-corrected chi connectivity index (χ3v) is 5.14. The smallest absolute Gasteiger partial charge is 0.165 e. The van der Waals surface area contributed by atoms with Gasteiger partial charge in [-0.15, -0.1) is 0 Å². The molecule has 0 saturated carbocycles. The van der Waals surface area contributed by atoms with Crippen molar-refractivity contribution in [2.75, 3.05) is 25.0 Å². The van der Waals surface area contributed by atoms with Crippen LogP contribution in [0.25, 0.3) is 16.8 Å². The molecule has 3 rings (SSSR count). The molecule has 0 amide bonds. The van der Waals surface area contributed by atoms with Crippen molar-refractivity contribution >= 4 is 23.1 Å². The van der Waals surface area contributed by atoms with Gasteiger partial charge in [-0.2, -0.15) is 5.10 Å². The molecule has 0 aliphatic carbocycles. The highest BCUT2D eigenvalue weighted by molar-refractivity contribution is 6.30. The maximum atomic E-state index is 6.14. The lowest BCUT2D eigenvalue weighted by atomic mass is 10.1. The highest BCUT2D eigenvalue weighted by Gasteiger charge is 2.11. The number of halogens is 1. The van der Waals surface area contributed by atoms with Crippen LogP contribution in [0.5, 0.6) is 0 Å². The zero-order valence-electron chi connectivity index (χ0n) is 16.3. The first-order valence-corrected chi connectivity index (χ1v) is 10.1. The molecule has 0 bridgehead atoms. The zero-order valence-corrected chi connectivity index (χ0v) is 17.1. The molecule has 6 heteroatoms. The fourth-order valence-corrected chi connectivity index (χ4v) is 3.48. The average Bonchev–Trinajstić information content (AvgIpc) is 3.08. The molecule has 0 spiro atoms. The van der Waals surface area contributed by atoms with Crippen LogP contribution in [-0.2, 0) is 0 Å². The number of hydrogen-bond donors (Lipinski definition) is 1. The monoisotopic (exact) mass is 385 g/mol. The van der Waals surface area contributed by atoms with Gasteiger partial charge in [0.15, 0.2) is 5.65 Å². The fraction of sp³-hybridized carbons (Fsp3) is 0.429. The van der Waals surface area contributed by atoms with Gasteiger partial charge in [0.05, 0.1) is 6.20 Å². The summed E-state index contributed by atoms with van der Waals surface area (Å²) >= 11 is 6.14. The van der Waals surface area contributed by atoms with Crippen LogP contribution in [0.15, 0.2) is 42.7 Å². The number of rotatable bonds is 9. The van der Waals surface area contributed by atoms with Crippen LogP contribution in [0.1, 0.15) is 33.6 Å². The summed E-state index contributed by atoms with van der Waals surface area (Å²) in [5.74, 6) is 0.876. The second kappa shape index (κ2) is 9.20. The number of nitrogens with one attached hydrogen (secondary N) is 1. The number of anilines is 1. The summed E-state index contributed by atoms with van der Waals surface area (Å²) in [6.07, 6.45) is 6.08. The van der Waals surface area contributed by atoms with Crippen LogP contribution < -0.4 is 5.32 Å². The van der Waals surface area contributed by atoms with Crippen LogP contribution in [-0.4, -0.2) is 45.2 Å². The quantitative estimate of drug-likeness (QED) is 0.564. The third-order valence-electron chi connectivity index (χ3n) is 4.90. The maximum Gasteiger partial charge on any atom is 0.165 e. The molecule has 1 N–H and O–H groups in total. The molecule has 1 unspecified atom stereocenters. The summed E-state index contributed by atoms with van der Waals surface area (Å²) in [4.78, 5) is 7.25. The van der Waals surface area contributed by atoms with E-state index >= 15 is 0 Å². The van der Waals surface area contributed by atoms with Gasteiger partial charge < -0.3 is 10.2 Å². The van der Waals surface area contributed by atoms with Crippen molar-refractivity contribution in [1.82, 2.24) is 19.5 Å². The van der Waals surface area contributed by atoms with Crippen LogP contribution >= 0.6 is 11.6 Å². The van der Waals surface area contributed by atoms with E-state index in [0.717, 1.165) is 48.6 Å². The fourth-order valence-electron chi connectivity index (χ4n) is 3.29. The number of fused-ring (bicyclic) bond motifs is 1. The molecular weight excluding hydrogens is 358 g/mol. The molecule has 2 aromatic heterocycles. The molecule has 0 radical (unpaired) electrons. The largest absolute Gasteiger partial charge is 0.368 e. The van der Waals surface area contributed by atoms with Gasteiger partial charge >= 0.3 is 0 Å². The predicted octanol–water partition coefficient (Wildman–Crippen LogP) is 4.97. The van der Waals surface area contributed by atoms with Crippen LogP contribution in [0.3, 0.4) is 0 Å². The lowest BCUT2D eigenvalue weighted by Crippen LogP contribution is -2.25. The number of nitrogens with zero attached hydrogens (tertiary/aromatic N) is 4. The molecule has 0 aliphatic heterocycles. The normalized spacial score (nSPS) is 12.6. The molecule has 0 saturated heterocycles. The van der Waals surface area contributed by atoms with Gasteiger partial charge in [-0.25, -0.2) is 9.50 Å². The minimum Gasteiger partial charge on any atom is -0.368 e. The Labute approximate surface area is 166 Å². The molecule has 27 heavy (non-hydrogen) atoms. The molecule has 5 nitrogen and oxygen atoms in total. The van der Waals surface area contributed by atoms with Gasteiger partial charge in [-0.3, -0.25) is 0 Å². The topological polar surface area (TPSA) is 45.5 Å². The summed E-state index contributed by atoms with van der Waals surface area (Å²) in [5, 5.41) is 8.65. The van der Waals surface area contributed by atoms with E-state index in [1.54, 1.807) is 4.52 Å². The lowest BCUT2D eigenvalue weighted by molar-refractivity contribution is 0.295. The Hall–Kier alpha value is -2.11. The van der Waals surface area contributed by atoms with E-state index in [9.17, 15) is 0 Å². The van der Waals surface area contributed by atoms with Crippen molar-refractivity contribution < 1.29 is 0 Å². The van der Waals surface area contributed by atoms with Gasteiger partial charge in [-0.1, -0.05) is 37.6 Å². The molecule has 0 fully saturated rings. The number of hydrogen-bond acceptors (Lipinski definition) is 4. The van der Waals surface area contributed by atoms with Crippen molar-refractivity contribution in [3.63, 3.8) is 0 Å². The van der Waals surface area contributed by atoms with E-state index in [2.05, 4.69) is 36.1 Å². The van der Waals surface area contributed by atoms with Crippen molar-refractivity contribution in [2.24, 2.45) is 0 Å². The average molecular weight is 386 g/mol. The van der Waals surface area contributed by atoms with Gasteiger partial charge in [-0.05, 0) is 63.2 Å². The minimum atomic E-state index is 0.369. The first-order chi connectivity index (χ1) is 13.1. The van der Waals surface area contributed by atoms with E-state index in [0.29, 0.717) is 11.1 Å². The van der Waals surface area contributed by atoms with E-state index in [1.807, 2.05) is 42.7 Å². The Balaban J connectivity index is 1.70. The van der Waals surface area contributed by atoms with Gasteiger partial charge in [0, 0.05) is 22.8 Å². The Kier molecular flexibility index (Phi) is 6.69. The SMILES string of the molecule is CCN(CC)CCCC(C)Nc1ccn2ncc(-c3cccc(Cl)c3)c2n1. The molecule has 3 aromatic rings. The predicted molar refractivity (Wildman–Crippen MR) is 114 cm³/mol. The second-order valence-electron chi connectivity index (χ2n) is 6.86. The van der Waals surface area contributed by atoms with Crippen molar-refractivity contribution in [3.05, 3.63) is 47.7 Å². The van der Waals surface area contributed by atoms with E-state index in [1.165, 1.54) is 6.42 Å². The Morgan fingerprint density at radius 3 is 2.78 bits per heavy atom. The van der Waals surface area contributed by atoms with Gasteiger partial charge in [0.2, 0.25) is 0 Å². The van der Waals surface area contributed by atoms with E-state index in [4.69, 9.17) is 16.6 Å². The molecule has 1 atom stereocenters. The Bertz CT molecular complexity index is 872.